The lowest BCUT2D eigenvalue weighted by molar-refractivity contribution is -0.138. The Hall–Kier alpha value is -5.01. The zero-order valence-electron chi connectivity index (χ0n) is 25.5. The molecule has 1 aliphatic rings. The summed E-state index contributed by atoms with van der Waals surface area (Å²) in [5.74, 6) is 0.516. The third-order valence-corrected chi connectivity index (χ3v) is 8.72. The lowest BCUT2D eigenvalue weighted by atomic mass is 9.91. The van der Waals surface area contributed by atoms with Crippen molar-refractivity contribution in [2.75, 3.05) is 6.61 Å². The van der Waals surface area contributed by atoms with Gasteiger partial charge in [-0.2, -0.15) is 0 Å². The predicted octanol–water partition coefficient (Wildman–Crippen LogP) is 6.64. The van der Waals surface area contributed by atoms with Crippen molar-refractivity contribution in [3.8, 4) is 5.75 Å². The van der Waals surface area contributed by atoms with Crippen LogP contribution in [0.5, 0.6) is 5.75 Å². The topological polar surface area (TPSA) is 69.9 Å². The molecule has 0 N–H and O–H groups in total. The Morgan fingerprint density at radius 3 is 2.27 bits per heavy atom. The molecule has 0 bridgehead atoms. The second kappa shape index (κ2) is 13.3. The van der Waals surface area contributed by atoms with Crippen LogP contribution in [0.4, 0.5) is 0 Å². The van der Waals surface area contributed by atoms with E-state index in [0.717, 1.165) is 22.3 Å². The highest BCUT2D eigenvalue weighted by Crippen LogP contribution is 2.35. The number of esters is 1. The van der Waals surface area contributed by atoms with E-state index in [4.69, 9.17) is 14.5 Å². The number of benzene rings is 4. The molecule has 2 heterocycles. The molecular formula is C38H34N2O4S. The maximum absolute atomic E-state index is 14.3. The Labute approximate surface area is 266 Å². The van der Waals surface area contributed by atoms with Crippen LogP contribution in [0, 0.1) is 0 Å². The maximum Gasteiger partial charge on any atom is 0.338 e. The molecule has 0 unspecified atom stereocenters. The number of fused-ring (bicyclic) bond motifs is 1. The van der Waals surface area contributed by atoms with Crippen LogP contribution >= 0.6 is 11.3 Å². The van der Waals surface area contributed by atoms with Crippen LogP contribution in [0.3, 0.4) is 0 Å². The van der Waals surface area contributed by atoms with Gasteiger partial charge in [0.1, 0.15) is 12.4 Å². The molecule has 0 saturated heterocycles. The average Bonchev–Trinajstić information content (AvgIpc) is 3.38. The van der Waals surface area contributed by atoms with E-state index < -0.39 is 12.0 Å². The van der Waals surface area contributed by atoms with E-state index in [2.05, 4.69) is 26.0 Å². The molecule has 0 radical (unpaired) electrons. The maximum atomic E-state index is 14.3. The normalized spacial score (nSPS) is 14.7. The number of para-hydroxylation sites is 1. The van der Waals surface area contributed by atoms with Crippen molar-refractivity contribution in [3.63, 3.8) is 0 Å². The summed E-state index contributed by atoms with van der Waals surface area (Å²) in [4.78, 5) is 33.5. The van der Waals surface area contributed by atoms with Crippen LogP contribution in [0.15, 0.2) is 125 Å². The van der Waals surface area contributed by atoms with Crippen LogP contribution in [-0.2, 0) is 16.1 Å². The van der Waals surface area contributed by atoms with E-state index in [-0.39, 0.29) is 12.2 Å². The van der Waals surface area contributed by atoms with Gasteiger partial charge in [-0.3, -0.25) is 9.36 Å². The lowest BCUT2D eigenvalue weighted by Gasteiger charge is -2.26. The molecule has 226 valence electrons. The first kappa shape index (κ1) is 30.0. The van der Waals surface area contributed by atoms with Crippen LogP contribution < -0.4 is 19.6 Å². The van der Waals surface area contributed by atoms with Crippen LogP contribution in [0.1, 0.15) is 60.5 Å². The minimum Gasteiger partial charge on any atom is -0.488 e. The standard InChI is InChI=1S/C38H34N2O4S/c1-4-43-37(42)33-34(28-15-9-6-10-16-28)39-38-40(35(33)29-21-19-27(20-22-29)25(2)3)36(41)32(45-38)23-30-17-11-12-18-31(30)44-24-26-13-7-5-8-14-26/h5-23,25,35H,4,24H2,1-3H3/b32-23+/t35-/m0/s1. The number of carbonyl (C=O) groups excluding carboxylic acids is 1. The van der Waals surface area contributed by atoms with Gasteiger partial charge in [0.2, 0.25) is 0 Å². The number of hydrogen-bond donors (Lipinski definition) is 0. The van der Waals surface area contributed by atoms with Gasteiger partial charge < -0.3 is 9.47 Å². The van der Waals surface area contributed by atoms with Crippen molar-refractivity contribution in [2.45, 2.75) is 39.3 Å². The zero-order chi connectivity index (χ0) is 31.3. The zero-order valence-corrected chi connectivity index (χ0v) is 26.3. The molecule has 1 aliphatic heterocycles. The molecule has 1 atom stereocenters. The summed E-state index contributed by atoms with van der Waals surface area (Å²) < 4.78 is 13.9. The van der Waals surface area contributed by atoms with Gasteiger partial charge in [0.25, 0.3) is 5.56 Å². The van der Waals surface area contributed by atoms with Crippen LogP contribution in [0.2, 0.25) is 0 Å². The van der Waals surface area contributed by atoms with Crippen molar-refractivity contribution in [2.24, 2.45) is 4.99 Å². The fourth-order valence-corrected chi connectivity index (χ4v) is 6.42. The minimum atomic E-state index is -0.719. The summed E-state index contributed by atoms with van der Waals surface area (Å²) in [5.41, 5.74) is 5.20. The Morgan fingerprint density at radius 2 is 1.58 bits per heavy atom. The van der Waals surface area contributed by atoms with E-state index in [1.807, 2.05) is 103 Å². The Kier molecular flexibility index (Phi) is 8.89. The Balaban J connectivity index is 1.53. The van der Waals surface area contributed by atoms with Gasteiger partial charge >= 0.3 is 5.97 Å². The first-order chi connectivity index (χ1) is 21.9. The molecule has 45 heavy (non-hydrogen) atoms. The van der Waals surface area contributed by atoms with Crippen molar-refractivity contribution >= 4 is 29.1 Å². The summed E-state index contributed by atoms with van der Waals surface area (Å²) >= 11 is 1.30. The van der Waals surface area contributed by atoms with Gasteiger partial charge in [0.15, 0.2) is 4.80 Å². The highest BCUT2D eigenvalue weighted by molar-refractivity contribution is 7.07. The fourth-order valence-electron chi connectivity index (χ4n) is 5.43. The van der Waals surface area contributed by atoms with Gasteiger partial charge in [-0.25, -0.2) is 9.79 Å². The van der Waals surface area contributed by atoms with Gasteiger partial charge in [-0.05, 0) is 41.7 Å². The molecule has 0 amide bonds. The van der Waals surface area contributed by atoms with Gasteiger partial charge in [0, 0.05) is 11.1 Å². The first-order valence-electron chi connectivity index (χ1n) is 15.1. The molecule has 0 spiro atoms. The third kappa shape index (κ3) is 6.30. The number of nitrogens with zero attached hydrogens (tertiary/aromatic N) is 2. The molecule has 1 aromatic heterocycles. The number of rotatable bonds is 9. The highest BCUT2D eigenvalue weighted by atomic mass is 32.1. The molecule has 0 fully saturated rings. The number of ether oxygens (including phenoxy) is 2. The van der Waals surface area contributed by atoms with E-state index in [0.29, 0.717) is 38.9 Å². The summed E-state index contributed by atoms with van der Waals surface area (Å²) in [6.45, 7) is 6.66. The minimum absolute atomic E-state index is 0.202. The van der Waals surface area contributed by atoms with Crippen molar-refractivity contribution < 1.29 is 14.3 Å². The van der Waals surface area contributed by atoms with Gasteiger partial charge in [0.05, 0.1) is 28.5 Å². The molecule has 7 heteroatoms. The highest BCUT2D eigenvalue weighted by Gasteiger charge is 2.35. The molecule has 4 aromatic carbocycles. The molecule has 5 aromatic rings. The summed E-state index contributed by atoms with van der Waals surface area (Å²) in [6.07, 6.45) is 1.85. The number of aromatic nitrogens is 1. The van der Waals surface area contributed by atoms with Crippen molar-refractivity contribution in [3.05, 3.63) is 162 Å². The van der Waals surface area contributed by atoms with Gasteiger partial charge in [-0.1, -0.05) is 128 Å². The Bertz CT molecular complexity index is 2030. The van der Waals surface area contributed by atoms with Crippen molar-refractivity contribution in [1.82, 2.24) is 4.57 Å². The smallest absolute Gasteiger partial charge is 0.338 e. The first-order valence-corrected chi connectivity index (χ1v) is 15.9. The fraction of sp³-hybridized carbons (Fsp3) is 0.184. The average molecular weight is 615 g/mol. The second-order valence-corrected chi connectivity index (χ2v) is 12.1. The SMILES string of the molecule is CCOC(=O)C1=C(c2ccccc2)N=c2s/c(=C/c3ccccc3OCc3ccccc3)c(=O)n2[C@H]1c1ccc(C(C)C)cc1. The Morgan fingerprint density at radius 1 is 0.911 bits per heavy atom. The molecular weight excluding hydrogens is 580 g/mol. The molecule has 0 saturated carbocycles. The van der Waals surface area contributed by atoms with Crippen LogP contribution in [-0.4, -0.2) is 17.1 Å². The molecule has 0 aliphatic carbocycles. The monoisotopic (exact) mass is 614 g/mol. The number of carbonyl (C=O) groups is 1. The van der Waals surface area contributed by atoms with Crippen molar-refractivity contribution in [1.29, 1.82) is 0 Å². The molecule has 6 nitrogen and oxygen atoms in total. The van der Waals surface area contributed by atoms with E-state index in [9.17, 15) is 9.59 Å². The summed E-state index contributed by atoms with van der Waals surface area (Å²) in [5, 5.41) is 0. The third-order valence-electron chi connectivity index (χ3n) is 7.74. The second-order valence-electron chi connectivity index (χ2n) is 11.1. The van der Waals surface area contributed by atoms with E-state index in [1.165, 1.54) is 16.9 Å². The van der Waals surface area contributed by atoms with E-state index in [1.54, 1.807) is 11.5 Å². The summed E-state index contributed by atoms with van der Waals surface area (Å²) in [7, 11) is 0. The molecule has 6 rings (SSSR count). The summed E-state index contributed by atoms with van der Waals surface area (Å²) in [6, 6.07) is 34.6. The predicted molar refractivity (Wildman–Crippen MR) is 179 cm³/mol. The lowest BCUT2D eigenvalue weighted by Crippen LogP contribution is -2.40. The largest absolute Gasteiger partial charge is 0.488 e. The quantitative estimate of drug-likeness (QED) is 0.175. The van der Waals surface area contributed by atoms with Gasteiger partial charge in [-0.15, -0.1) is 0 Å². The van der Waals surface area contributed by atoms with E-state index >= 15 is 0 Å². The number of hydrogen-bond acceptors (Lipinski definition) is 6. The number of thiazole rings is 1. The van der Waals surface area contributed by atoms with Crippen LogP contribution in [0.25, 0.3) is 11.8 Å².